The summed E-state index contributed by atoms with van der Waals surface area (Å²) in [6, 6.07) is 10.9. The molecule has 2 amide bonds. The van der Waals surface area contributed by atoms with Gasteiger partial charge in [0.1, 0.15) is 0 Å². The van der Waals surface area contributed by atoms with Crippen LogP contribution in [0.3, 0.4) is 0 Å². The summed E-state index contributed by atoms with van der Waals surface area (Å²) >= 11 is 7.20. The quantitative estimate of drug-likeness (QED) is 0.552. The Morgan fingerprint density at radius 2 is 1.88 bits per heavy atom. The maximum atomic E-state index is 12.5. The molecule has 1 unspecified atom stereocenters. The lowest BCUT2D eigenvalue weighted by molar-refractivity contribution is -0.121. The molecule has 2 aromatic rings. The molecule has 0 bridgehead atoms. The molecule has 0 radical (unpaired) electrons. The van der Waals surface area contributed by atoms with Gasteiger partial charge in [0, 0.05) is 23.0 Å². The van der Waals surface area contributed by atoms with Crippen molar-refractivity contribution in [3.63, 3.8) is 0 Å². The van der Waals surface area contributed by atoms with Gasteiger partial charge in [-0.05, 0) is 42.3 Å². The van der Waals surface area contributed by atoms with Crippen LogP contribution in [0.5, 0.6) is 17.2 Å². The highest BCUT2D eigenvalue weighted by molar-refractivity contribution is 8.03. The van der Waals surface area contributed by atoms with E-state index >= 15 is 0 Å². The van der Waals surface area contributed by atoms with Crippen molar-refractivity contribution in [1.82, 2.24) is 5.32 Å². The highest BCUT2D eigenvalue weighted by Gasteiger charge is 2.31. The van der Waals surface area contributed by atoms with Crippen molar-refractivity contribution in [2.75, 3.05) is 32.4 Å². The average Bonchev–Trinajstić information content (AvgIpc) is 2.83. The number of hydrogen-bond acceptors (Lipinski definition) is 7. The van der Waals surface area contributed by atoms with Crippen LogP contribution in [0.4, 0.5) is 5.69 Å². The monoisotopic (exact) mass is 501 g/mol. The Labute approximate surface area is 207 Å². The fraction of sp³-hybridized carbons (Fsp3) is 0.292. The number of amides is 2. The zero-order chi connectivity index (χ0) is 24.8. The average molecular weight is 502 g/mol. The van der Waals surface area contributed by atoms with E-state index in [0.29, 0.717) is 44.1 Å². The first-order valence-corrected chi connectivity index (χ1v) is 11.6. The number of nitrogens with zero attached hydrogens (tertiary/aromatic N) is 1. The number of thioether (sulfide) groups is 1. The van der Waals surface area contributed by atoms with Crippen LogP contribution >= 0.6 is 23.4 Å². The molecule has 178 valence electrons. The Kier molecular flexibility index (Phi) is 8.31. The lowest BCUT2D eigenvalue weighted by atomic mass is 9.86. The summed E-state index contributed by atoms with van der Waals surface area (Å²) in [5.74, 6) is 0.169. The Morgan fingerprint density at radius 3 is 2.44 bits per heavy atom. The number of halogens is 1. The number of ether oxygens (including phenoxy) is 3. The summed E-state index contributed by atoms with van der Waals surface area (Å²) in [5.41, 5.74) is 2.49. The van der Waals surface area contributed by atoms with Crippen molar-refractivity contribution in [3.8, 4) is 23.3 Å². The Balaban J connectivity index is 1.85. The number of carbonyl (C=O) groups is 2. The topological polar surface area (TPSA) is 110 Å². The van der Waals surface area contributed by atoms with Crippen LogP contribution in [0.15, 0.2) is 40.9 Å². The summed E-state index contributed by atoms with van der Waals surface area (Å²) in [4.78, 5) is 25.0. The minimum absolute atomic E-state index is 0.00569. The van der Waals surface area contributed by atoms with E-state index in [-0.39, 0.29) is 24.0 Å². The molecule has 8 nitrogen and oxygen atoms in total. The van der Waals surface area contributed by atoms with Gasteiger partial charge in [0.2, 0.25) is 17.6 Å². The molecule has 3 rings (SSSR count). The van der Waals surface area contributed by atoms with Crippen LogP contribution < -0.4 is 24.8 Å². The SMILES string of the molecule is COc1cc(C2CC(=O)NC(SCC(=O)Nc3ccc(C)c(Cl)c3)=C2C#N)cc(OC)c1OC. The van der Waals surface area contributed by atoms with Crippen LogP contribution in [0.2, 0.25) is 5.02 Å². The van der Waals surface area contributed by atoms with E-state index in [2.05, 4.69) is 16.7 Å². The molecule has 0 saturated heterocycles. The second-order valence-electron chi connectivity index (χ2n) is 7.42. The first kappa shape index (κ1) is 25.3. The predicted molar refractivity (Wildman–Crippen MR) is 132 cm³/mol. The van der Waals surface area contributed by atoms with Gasteiger partial charge in [0.05, 0.1) is 43.8 Å². The predicted octanol–water partition coefficient (Wildman–Crippen LogP) is 4.38. The molecule has 2 N–H and O–H groups in total. The zero-order valence-corrected chi connectivity index (χ0v) is 20.7. The molecule has 10 heteroatoms. The van der Waals surface area contributed by atoms with Gasteiger partial charge in [0.25, 0.3) is 0 Å². The van der Waals surface area contributed by atoms with E-state index in [1.54, 1.807) is 24.3 Å². The van der Waals surface area contributed by atoms with Crippen LogP contribution in [0.1, 0.15) is 23.5 Å². The van der Waals surface area contributed by atoms with Gasteiger partial charge in [-0.25, -0.2) is 0 Å². The molecule has 0 spiro atoms. The van der Waals surface area contributed by atoms with Gasteiger partial charge in [-0.2, -0.15) is 5.26 Å². The smallest absolute Gasteiger partial charge is 0.234 e. The number of methoxy groups -OCH3 is 3. The lowest BCUT2D eigenvalue weighted by Gasteiger charge is -2.26. The van der Waals surface area contributed by atoms with E-state index in [9.17, 15) is 14.9 Å². The minimum Gasteiger partial charge on any atom is -0.493 e. The third-order valence-electron chi connectivity index (χ3n) is 5.25. The van der Waals surface area contributed by atoms with E-state index in [4.69, 9.17) is 25.8 Å². The van der Waals surface area contributed by atoms with Gasteiger partial charge in [-0.3, -0.25) is 9.59 Å². The van der Waals surface area contributed by atoms with E-state index < -0.39 is 5.92 Å². The third kappa shape index (κ3) is 5.58. The third-order valence-corrected chi connectivity index (χ3v) is 6.67. The van der Waals surface area contributed by atoms with Gasteiger partial charge in [-0.15, -0.1) is 0 Å². The normalized spacial score (nSPS) is 15.3. The van der Waals surface area contributed by atoms with Crippen molar-refractivity contribution in [1.29, 1.82) is 5.26 Å². The molecule has 1 heterocycles. The largest absolute Gasteiger partial charge is 0.493 e. The second-order valence-corrected chi connectivity index (χ2v) is 8.81. The number of hydrogen-bond donors (Lipinski definition) is 2. The first-order chi connectivity index (χ1) is 16.3. The number of rotatable bonds is 8. The standard InChI is InChI=1S/C24H24ClN3O5S/c1-13-5-6-15(9-18(13)25)27-22(30)12-34-24-17(11-26)16(10-21(29)28-24)14-7-19(31-2)23(33-4)20(8-14)32-3/h5-9,16H,10,12H2,1-4H3,(H,27,30)(H,28,29). The number of aryl methyl sites for hydroxylation is 1. The summed E-state index contributed by atoms with van der Waals surface area (Å²) < 4.78 is 16.2. The number of allylic oxidation sites excluding steroid dienone is 1. The van der Waals surface area contributed by atoms with Crippen molar-refractivity contribution in [2.45, 2.75) is 19.3 Å². The molecule has 34 heavy (non-hydrogen) atoms. The number of anilines is 1. The fourth-order valence-corrected chi connectivity index (χ4v) is 4.58. The Morgan fingerprint density at radius 1 is 1.21 bits per heavy atom. The van der Waals surface area contributed by atoms with Crippen LogP contribution in [-0.2, 0) is 9.59 Å². The molecular weight excluding hydrogens is 478 g/mol. The van der Waals surface area contributed by atoms with Crippen molar-refractivity contribution < 1.29 is 23.8 Å². The van der Waals surface area contributed by atoms with Gasteiger partial charge < -0.3 is 24.8 Å². The second kappa shape index (κ2) is 11.2. The molecule has 0 aromatic heterocycles. The summed E-state index contributed by atoms with van der Waals surface area (Å²) in [5, 5.41) is 16.3. The maximum absolute atomic E-state index is 12.5. The minimum atomic E-state index is -0.533. The Hall–Kier alpha value is -3.35. The summed E-state index contributed by atoms with van der Waals surface area (Å²) in [7, 11) is 4.49. The molecule has 1 atom stereocenters. The van der Waals surface area contributed by atoms with Gasteiger partial charge >= 0.3 is 0 Å². The number of nitrogens with one attached hydrogen (secondary N) is 2. The molecule has 0 fully saturated rings. The molecule has 0 saturated carbocycles. The van der Waals surface area contributed by atoms with Crippen molar-refractivity contribution in [2.24, 2.45) is 0 Å². The highest BCUT2D eigenvalue weighted by Crippen LogP contribution is 2.44. The maximum Gasteiger partial charge on any atom is 0.234 e. The molecule has 2 aromatic carbocycles. The van der Waals surface area contributed by atoms with Crippen LogP contribution in [-0.4, -0.2) is 38.9 Å². The van der Waals surface area contributed by atoms with E-state index in [1.165, 1.54) is 21.3 Å². The van der Waals surface area contributed by atoms with Crippen molar-refractivity contribution >= 4 is 40.9 Å². The van der Waals surface area contributed by atoms with E-state index in [0.717, 1.165) is 17.3 Å². The lowest BCUT2D eigenvalue weighted by Crippen LogP contribution is -2.31. The Bertz CT molecular complexity index is 1170. The summed E-state index contributed by atoms with van der Waals surface area (Å²) in [6.07, 6.45) is 0.0691. The van der Waals surface area contributed by atoms with Crippen molar-refractivity contribution in [3.05, 3.63) is 57.1 Å². The van der Waals surface area contributed by atoms with E-state index in [1.807, 2.05) is 13.0 Å². The number of benzene rings is 2. The molecule has 0 aliphatic carbocycles. The number of carbonyl (C=O) groups excluding carboxylic acids is 2. The van der Waals surface area contributed by atoms with Crippen LogP contribution in [0.25, 0.3) is 0 Å². The zero-order valence-electron chi connectivity index (χ0n) is 19.2. The molecule has 1 aliphatic heterocycles. The van der Waals surface area contributed by atoms with Gasteiger partial charge in [0.15, 0.2) is 11.5 Å². The van der Waals surface area contributed by atoms with Crippen LogP contribution in [0, 0.1) is 18.3 Å². The van der Waals surface area contributed by atoms with Gasteiger partial charge in [-0.1, -0.05) is 29.4 Å². The number of nitriles is 1. The molecule has 1 aliphatic rings. The fourth-order valence-electron chi connectivity index (χ4n) is 3.53. The summed E-state index contributed by atoms with van der Waals surface area (Å²) in [6.45, 7) is 1.87. The molecular formula is C24H24ClN3O5S. The highest BCUT2D eigenvalue weighted by atomic mass is 35.5. The first-order valence-electron chi connectivity index (χ1n) is 10.2.